The van der Waals surface area contributed by atoms with Crippen molar-refractivity contribution in [3.05, 3.63) is 58.4 Å². The number of hydrogen-bond donors (Lipinski definition) is 1. The summed E-state index contributed by atoms with van der Waals surface area (Å²) in [5.41, 5.74) is 1.55. The van der Waals surface area contributed by atoms with Crippen molar-refractivity contribution in [2.45, 2.75) is 18.9 Å². The van der Waals surface area contributed by atoms with E-state index in [2.05, 4.69) is 0 Å². The van der Waals surface area contributed by atoms with E-state index in [1.807, 2.05) is 6.07 Å². The van der Waals surface area contributed by atoms with Crippen LogP contribution in [0.2, 0.25) is 5.02 Å². The third kappa shape index (κ3) is 1.93. The average Bonchev–Trinajstić information content (AvgIpc) is 2.96. The van der Waals surface area contributed by atoms with Crippen molar-refractivity contribution in [3.63, 3.8) is 0 Å². The van der Waals surface area contributed by atoms with Crippen LogP contribution in [-0.4, -0.2) is 21.4 Å². The van der Waals surface area contributed by atoms with Gasteiger partial charge in [-0.15, -0.1) is 0 Å². The number of hydrogen-bond acceptors (Lipinski definition) is 2. The van der Waals surface area contributed by atoms with Crippen molar-refractivity contribution in [3.8, 4) is 0 Å². The Morgan fingerprint density at radius 1 is 1.25 bits per heavy atom. The Morgan fingerprint density at radius 2 is 1.95 bits per heavy atom. The van der Waals surface area contributed by atoms with Crippen molar-refractivity contribution in [1.29, 1.82) is 0 Å². The lowest BCUT2D eigenvalue weighted by Gasteiger charge is -2.06. The summed E-state index contributed by atoms with van der Waals surface area (Å²) in [4.78, 5) is 23.7. The number of aromatic nitrogens is 1. The van der Waals surface area contributed by atoms with Crippen LogP contribution < -0.4 is 0 Å². The molecule has 5 heteroatoms. The molecule has 2 aromatic rings. The first-order chi connectivity index (χ1) is 9.59. The van der Waals surface area contributed by atoms with Crippen LogP contribution >= 0.6 is 11.6 Å². The number of rotatable bonds is 3. The van der Waals surface area contributed by atoms with E-state index < -0.39 is 11.9 Å². The maximum absolute atomic E-state index is 12.5. The van der Waals surface area contributed by atoms with Crippen LogP contribution in [0.3, 0.4) is 0 Å². The van der Waals surface area contributed by atoms with Crippen molar-refractivity contribution in [2.75, 3.05) is 0 Å². The summed E-state index contributed by atoms with van der Waals surface area (Å²) in [5.74, 6) is -1.63. The molecule has 102 valence electrons. The first kappa shape index (κ1) is 12.9. The van der Waals surface area contributed by atoms with E-state index in [0.717, 1.165) is 0 Å². The fraction of sp³-hybridized carbons (Fsp3) is 0.200. The minimum absolute atomic E-state index is 0.173. The number of halogens is 1. The highest BCUT2D eigenvalue weighted by atomic mass is 35.5. The summed E-state index contributed by atoms with van der Waals surface area (Å²) >= 11 is 6.14. The molecule has 0 aliphatic carbocycles. The number of benzene rings is 1. The summed E-state index contributed by atoms with van der Waals surface area (Å²) in [6, 6.07) is 10.5. The molecule has 1 aliphatic rings. The van der Waals surface area contributed by atoms with Gasteiger partial charge in [-0.25, -0.2) is 0 Å². The van der Waals surface area contributed by atoms with E-state index in [4.69, 9.17) is 11.6 Å². The quantitative estimate of drug-likeness (QED) is 0.884. The lowest BCUT2D eigenvalue weighted by molar-refractivity contribution is -0.138. The minimum Gasteiger partial charge on any atom is -0.481 e. The third-order valence-corrected chi connectivity index (χ3v) is 3.92. The molecule has 1 unspecified atom stereocenters. The highest BCUT2D eigenvalue weighted by molar-refractivity contribution is 6.35. The first-order valence-electron chi connectivity index (χ1n) is 6.31. The number of ketones is 1. The van der Waals surface area contributed by atoms with E-state index in [0.29, 0.717) is 34.9 Å². The lowest BCUT2D eigenvalue weighted by Crippen LogP contribution is -2.10. The molecule has 0 fully saturated rings. The summed E-state index contributed by atoms with van der Waals surface area (Å²) in [7, 11) is 0. The summed E-state index contributed by atoms with van der Waals surface area (Å²) in [5, 5.41) is 9.49. The second kappa shape index (κ2) is 4.80. The predicted octanol–water partition coefficient (Wildman–Crippen LogP) is 2.94. The number of carbonyl (C=O) groups is 2. The molecule has 1 aromatic heterocycles. The second-order valence-corrected chi connectivity index (χ2v) is 5.20. The Hall–Kier alpha value is -2.07. The summed E-state index contributed by atoms with van der Waals surface area (Å²) in [6.45, 7) is 0.507. The number of carboxylic acids is 1. The normalized spacial score (nSPS) is 16.9. The van der Waals surface area contributed by atoms with E-state index in [1.54, 1.807) is 34.9 Å². The Kier molecular flexibility index (Phi) is 3.10. The molecule has 1 atom stereocenters. The van der Waals surface area contributed by atoms with Gasteiger partial charge in [-0.3, -0.25) is 9.59 Å². The van der Waals surface area contributed by atoms with Crippen LogP contribution in [0.25, 0.3) is 0 Å². The van der Waals surface area contributed by atoms with Crippen LogP contribution in [0.1, 0.15) is 34.1 Å². The standard InChI is InChI=1S/C15H12ClNO3/c16-11-8-12-10(15(19)20)6-7-17(12)13(11)14(18)9-4-2-1-3-5-9/h1-5,8,10H,6-7H2,(H,19,20). The van der Waals surface area contributed by atoms with Gasteiger partial charge in [0.1, 0.15) is 5.69 Å². The molecule has 0 saturated heterocycles. The van der Waals surface area contributed by atoms with Gasteiger partial charge in [0, 0.05) is 17.8 Å². The van der Waals surface area contributed by atoms with Gasteiger partial charge in [0.25, 0.3) is 0 Å². The molecule has 1 N–H and O–H groups in total. The van der Waals surface area contributed by atoms with E-state index in [9.17, 15) is 14.7 Å². The molecule has 20 heavy (non-hydrogen) atoms. The van der Waals surface area contributed by atoms with Gasteiger partial charge in [-0.2, -0.15) is 0 Å². The molecular weight excluding hydrogens is 278 g/mol. The van der Waals surface area contributed by atoms with Crippen molar-refractivity contribution >= 4 is 23.4 Å². The van der Waals surface area contributed by atoms with Gasteiger partial charge in [-0.1, -0.05) is 41.9 Å². The number of fused-ring (bicyclic) bond motifs is 1. The molecule has 3 rings (SSSR count). The van der Waals surface area contributed by atoms with Gasteiger partial charge in [0.2, 0.25) is 5.78 Å². The van der Waals surface area contributed by atoms with E-state index in [1.165, 1.54) is 0 Å². The topological polar surface area (TPSA) is 59.3 Å². The molecule has 0 radical (unpaired) electrons. The lowest BCUT2D eigenvalue weighted by atomic mass is 10.1. The van der Waals surface area contributed by atoms with Gasteiger partial charge in [-0.05, 0) is 12.5 Å². The predicted molar refractivity (Wildman–Crippen MR) is 74.3 cm³/mol. The maximum Gasteiger partial charge on any atom is 0.312 e. The Bertz CT molecular complexity index is 691. The smallest absolute Gasteiger partial charge is 0.312 e. The average molecular weight is 290 g/mol. The summed E-state index contributed by atoms with van der Waals surface area (Å²) in [6.07, 6.45) is 0.497. The second-order valence-electron chi connectivity index (χ2n) is 4.79. The van der Waals surface area contributed by atoms with Crippen LogP contribution in [0.15, 0.2) is 36.4 Å². The zero-order valence-electron chi connectivity index (χ0n) is 10.5. The Labute approximate surface area is 120 Å². The monoisotopic (exact) mass is 289 g/mol. The molecular formula is C15H12ClNO3. The molecule has 0 bridgehead atoms. The van der Waals surface area contributed by atoms with Crippen molar-refractivity contribution in [1.82, 2.24) is 4.57 Å². The molecule has 2 heterocycles. The number of nitrogens with zero attached hydrogens (tertiary/aromatic N) is 1. The fourth-order valence-corrected chi connectivity index (χ4v) is 2.98. The zero-order chi connectivity index (χ0) is 14.3. The number of aliphatic carboxylic acids is 1. The maximum atomic E-state index is 12.5. The molecule has 1 aromatic carbocycles. The third-order valence-electron chi connectivity index (χ3n) is 3.63. The van der Waals surface area contributed by atoms with Crippen LogP contribution in [-0.2, 0) is 11.3 Å². The van der Waals surface area contributed by atoms with Crippen LogP contribution in [0.5, 0.6) is 0 Å². The zero-order valence-corrected chi connectivity index (χ0v) is 11.3. The number of carboxylic acid groups (broad SMARTS) is 1. The van der Waals surface area contributed by atoms with Gasteiger partial charge < -0.3 is 9.67 Å². The number of carbonyl (C=O) groups excluding carboxylic acids is 1. The molecule has 0 saturated carbocycles. The van der Waals surface area contributed by atoms with Gasteiger partial charge in [0.15, 0.2) is 0 Å². The van der Waals surface area contributed by atoms with E-state index in [-0.39, 0.29) is 5.78 Å². The Morgan fingerprint density at radius 3 is 2.60 bits per heavy atom. The fourth-order valence-electron chi connectivity index (χ4n) is 2.68. The minimum atomic E-state index is -0.878. The van der Waals surface area contributed by atoms with Gasteiger partial charge >= 0.3 is 5.97 Å². The van der Waals surface area contributed by atoms with E-state index >= 15 is 0 Å². The highest BCUT2D eigenvalue weighted by Crippen LogP contribution is 2.35. The molecule has 4 nitrogen and oxygen atoms in total. The van der Waals surface area contributed by atoms with Crippen LogP contribution in [0, 0.1) is 0 Å². The Balaban J connectivity index is 2.07. The molecule has 0 amide bonds. The molecule has 1 aliphatic heterocycles. The first-order valence-corrected chi connectivity index (χ1v) is 6.69. The highest BCUT2D eigenvalue weighted by Gasteiger charge is 2.33. The SMILES string of the molecule is O=C(c1ccccc1)c1c(Cl)cc2n1CCC2C(=O)O. The largest absolute Gasteiger partial charge is 0.481 e. The summed E-state index contributed by atoms with van der Waals surface area (Å²) < 4.78 is 1.73. The van der Waals surface area contributed by atoms with Crippen molar-refractivity contribution < 1.29 is 14.7 Å². The van der Waals surface area contributed by atoms with Crippen molar-refractivity contribution in [2.24, 2.45) is 0 Å². The van der Waals surface area contributed by atoms with Crippen LogP contribution in [0.4, 0.5) is 0 Å². The molecule has 0 spiro atoms. The van der Waals surface area contributed by atoms with Gasteiger partial charge in [0.05, 0.1) is 10.9 Å².